The maximum atomic E-state index is 11.1. The van der Waals surface area contributed by atoms with E-state index in [9.17, 15) is 14.9 Å². The number of amides is 1. The second kappa shape index (κ2) is 6.61. The number of hydrogen-bond donors (Lipinski definition) is 2. The third-order valence-electron chi connectivity index (χ3n) is 3.98. The fourth-order valence-corrected chi connectivity index (χ4v) is 2.73. The topological polar surface area (TPSA) is 99.0 Å². The second-order valence-electron chi connectivity index (χ2n) is 5.57. The van der Waals surface area contributed by atoms with E-state index in [0.29, 0.717) is 6.04 Å². The van der Waals surface area contributed by atoms with Gasteiger partial charge in [-0.05, 0) is 39.1 Å². The summed E-state index contributed by atoms with van der Waals surface area (Å²) >= 11 is 0. The molecule has 0 spiro atoms. The molecule has 1 fully saturated rings. The monoisotopic (exact) mass is 308 g/mol. The van der Waals surface area contributed by atoms with Gasteiger partial charge in [0.2, 0.25) is 0 Å². The van der Waals surface area contributed by atoms with Gasteiger partial charge in [-0.2, -0.15) is 0 Å². The SMILES string of the molecule is CN(C)C1CCN(c2ccc(NC(=O)O)c([N+](=O)[O-])c2)CC1. The normalized spacial score (nSPS) is 15.9. The largest absolute Gasteiger partial charge is 0.465 e. The Morgan fingerprint density at radius 2 is 2.05 bits per heavy atom. The van der Waals surface area contributed by atoms with Crippen LogP contribution in [0.1, 0.15) is 12.8 Å². The van der Waals surface area contributed by atoms with E-state index in [0.717, 1.165) is 31.6 Å². The van der Waals surface area contributed by atoms with Gasteiger partial charge in [-0.3, -0.25) is 15.4 Å². The van der Waals surface area contributed by atoms with Gasteiger partial charge in [0.15, 0.2) is 0 Å². The lowest BCUT2D eigenvalue weighted by Crippen LogP contribution is -2.42. The zero-order valence-electron chi connectivity index (χ0n) is 12.7. The van der Waals surface area contributed by atoms with Gasteiger partial charge in [0.05, 0.1) is 4.92 Å². The Bertz CT molecular complexity index is 568. The molecule has 1 aromatic carbocycles. The molecule has 0 atom stereocenters. The third-order valence-corrected chi connectivity index (χ3v) is 3.98. The summed E-state index contributed by atoms with van der Waals surface area (Å²) in [7, 11) is 4.11. The van der Waals surface area contributed by atoms with Crippen LogP contribution >= 0.6 is 0 Å². The molecule has 120 valence electrons. The van der Waals surface area contributed by atoms with Crippen molar-refractivity contribution in [2.45, 2.75) is 18.9 Å². The quantitative estimate of drug-likeness (QED) is 0.653. The Balaban J connectivity index is 2.17. The van der Waals surface area contributed by atoms with Crippen LogP contribution in [-0.2, 0) is 0 Å². The zero-order chi connectivity index (χ0) is 16.3. The maximum absolute atomic E-state index is 11.1. The summed E-state index contributed by atoms with van der Waals surface area (Å²) in [4.78, 5) is 25.5. The molecule has 2 rings (SSSR count). The van der Waals surface area contributed by atoms with Crippen molar-refractivity contribution >= 4 is 23.2 Å². The summed E-state index contributed by atoms with van der Waals surface area (Å²) in [6.07, 6.45) is 0.675. The summed E-state index contributed by atoms with van der Waals surface area (Å²) in [5, 5.41) is 21.9. The Hall–Kier alpha value is -2.35. The van der Waals surface area contributed by atoms with Crippen LogP contribution in [0.2, 0.25) is 0 Å². The van der Waals surface area contributed by atoms with Crippen molar-refractivity contribution in [3.8, 4) is 0 Å². The Morgan fingerprint density at radius 3 is 2.55 bits per heavy atom. The molecule has 0 radical (unpaired) electrons. The number of hydrogen-bond acceptors (Lipinski definition) is 5. The van der Waals surface area contributed by atoms with Crippen LogP contribution in [0.25, 0.3) is 0 Å². The fraction of sp³-hybridized carbons (Fsp3) is 0.500. The molecule has 8 nitrogen and oxygen atoms in total. The molecule has 22 heavy (non-hydrogen) atoms. The molecule has 0 unspecified atom stereocenters. The molecule has 1 heterocycles. The number of piperidine rings is 1. The maximum Gasteiger partial charge on any atom is 0.409 e. The molecule has 1 aliphatic heterocycles. The average Bonchev–Trinajstić information content (AvgIpc) is 2.47. The number of nitrogens with one attached hydrogen (secondary N) is 1. The minimum absolute atomic E-state index is 0.00979. The van der Waals surface area contributed by atoms with Crippen LogP contribution in [0.4, 0.5) is 21.9 Å². The molecule has 0 saturated carbocycles. The first-order chi connectivity index (χ1) is 10.4. The van der Waals surface area contributed by atoms with Crippen molar-refractivity contribution in [3.63, 3.8) is 0 Å². The summed E-state index contributed by atoms with van der Waals surface area (Å²) in [5.74, 6) is 0. The number of carboxylic acid groups (broad SMARTS) is 1. The number of benzene rings is 1. The molecule has 1 aliphatic rings. The molecule has 1 amide bonds. The first kappa shape index (κ1) is 16.0. The van der Waals surface area contributed by atoms with Crippen LogP contribution in [-0.4, -0.2) is 54.2 Å². The van der Waals surface area contributed by atoms with E-state index in [4.69, 9.17) is 5.11 Å². The van der Waals surface area contributed by atoms with Gasteiger partial charge >= 0.3 is 6.09 Å². The molecule has 1 aromatic rings. The number of carbonyl (C=O) groups is 1. The van der Waals surface area contributed by atoms with Gasteiger partial charge in [-0.1, -0.05) is 0 Å². The second-order valence-corrected chi connectivity index (χ2v) is 5.57. The smallest absolute Gasteiger partial charge is 0.409 e. The number of nitro benzene ring substituents is 1. The number of nitrogens with zero attached hydrogens (tertiary/aromatic N) is 3. The molecular weight excluding hydrogens is 288 g/mol. The molecule has 0 bridgehead atoms. The average molecular weight is 308 g/mol. The van der Waals surface area contributed by atoms with Gasteiger partial charge in [0.1, 0.15) is 5.69 Å². The predicted molar refractivity (Wildman–Crippen MR) is 83.7 cm³/mol. The van der Waals surface area contributed by atoms with Gasteiger partial charge in [0.25, 0.3) is 5.69 Å². The minimum atomic E-state index is -1.32. The van der Waals surface area contributed by atoms with E-state index < -0.39 is 11.0 Å². The van der Waals surface area contributed by atoms with Crippen LogP contribution in [0.15, 0.2) is 18.2 Å². The first-order valence-electron chi connectivity index (χ1n) is 7.08. The van der Waals surface area contributed by atoms with E-state index in [2.05, 4.69) is 29.2 Å². The Kier molecular flexibility index (Phi) is 4.81. The Morgan fingerprint density at radius 1 is 1.41 bits per heavy atom. The van der Waals surface area contributed by atoms with Gasteiger partial charge in [-0.25, -0.2) is 4.79 Å². The van der Waals surface area contributed by atoms with Crippen molar-refractivity contribution in [3.05, 3.63) is 28.3 Å². The van der Waals surface area contributed by atoms with E-state index in [1.165, 1.54) is 12.1 Å². The standard InChI is InChI=1S/C14H20N4O4/c1-16(2)10-5-7-17(8-6-10)11-3-4-12(15-14(19)20)13(9-11)18(21)22/h3-4,9-10,15H,5-8H2,1-2H3,(H,19,20). The summed E-state index contributed by atoms with van der Waals surface area (Å²) < 4.78 is 0. The van der Waals surface area contributed by atoms with E-state index in [1.807, 2.05) is 0 Å². The van der Waals surface area contributed by atoms with Crippen LogP contribution in [0.5, 0.6) is 0 Å². The number of rotatable bonds is 4. The molecule has 2 N–H and O–H groups in total. The van der Waals surface area contributed by atoms with E-state index in [1.54, 1.807) is 6.07 Å². The minimum Gasteiger partial charge on any atom is -0.465 e. The lowest BCUT2D eigenvalue weighted by atomic mass is 10.0. The molecular formula is C14H20N4O4. The van der Waals surface area contributed by atoms with Crippen molar-refractivity contribution in [1.29, 1.82) is 0 Å². The summed E-state index contributed by atoms with van der Waals surface area (Å²) in [6, 6.07) is 5.12. The highest BCUT2D eigenvalue weighted by Gasteiger charge is 2.23. The molecule has 8 heteroatoms. The van der Waals surface area contributed by atoms with Crippen molar-refractivity contribution < 1.29 is 14.8 Å². The van der Waals surface area contributed by atoms with Crippen LogP contribution < -0.4 is 10.2 Å². The van der Waals surface area contributed by atoms with E-state index in [-0.39, 0.29) is 11.4 Å². The van der Waals surface area contributed by atoms with Crippen LogP contribution in [0, 0.1) is 10.1 Å². The summed E-state index contributed by atoms with van der Waals surface area (Å²) in [5.41, 5.74) is 0.513. The highest BCUT2D eigenvalue weighted by atomic mass is 16.6. The highest BCUT2D eigenvalue weighted by Crippen LogP contribution is 2.31. The molecule has 0 aromatic heterocycles. The fourth-order valence-electron chi connectivity index (χ4n) is 2.73. The van der Waals surface area contributed by atoms with Crippen molar-refractivity contribution in [2.24, 2.45) is 0 Å². The van der Waals surface area contributed by atoms with Gasteiger partial charge in [0, 0.05) is 30.9 Å². The third kappa shape index (κ3) is 3.64. The van der Waals surface area contributed by atoms with E-state index >= 15 is 0 Å². The predicted octanol–water partition coefficient (Wildman–Crippen LogP) is 2.22. The lowest BCUT2D eigenvalue weighted by Gasteiger charge is -2.36. The molecule has 1 saturated heterocycles. The van der Waals surface area contributed by atoms with Crippen molar-refractivity contribution in [1.82, 2.24) is 4.90 Å². The summed E-state index contributed by atoms with van der Waals surface area (Å²) in [6.45, 7) is 1.65. The first-order valence-corrected chi connectivity index (χ1v) is 7.08. The Labute approximate surface area is 128 Å². The number of anilines is 2. The zero-order valence-corrected chi connectivity index (χ0v) is 12.7. The highest BCUT2D eigenvalue weighted by molar-refractivity contribution is 5.87. The van der Waals surface area contributed by atoms with Crippen LogP contribution in [0.3, 0.4) is 0 Å². The van der Waals surface area contributed by atoms with Gasteiger partial charge < -0.3 is 14.9 Å². The van der Waals surface area contributed by atoms with Crippen molar-refractivity contribution in [2.75, 3.05) is 37.4 Å². The van der Waals surface area contributed by atoms with Gasteiger partial charge in [-0.15, -0.1) is 0 Å². The molecule has 0 aliphatic carbocycles. The number of nitro groups is 1. The lowest BCUT2D eigenvalue weighted by molar-refractivity contribution is -0.383.